The predicted molar refractivity (Wildman–Crippen MR) is 33.9 cm³/mol. The molecular formula is C6H7NO3. The third-order valence-corrected chi connectivity index (χ3v) is 1.16. The molecule has 3 N–H and O–H groups in total. The number of hydrogen-bond acceptors (Lipinski definition) is 3. The van der Waals surface area contributed by atoms with Crippen LogP contribution in [0.3, 0.4) is 0 Å². The second-order valence-electron chi connectivity index (χ2n) is 1.90. The number of carbonyl (C=O) groups excluding carboxylic acids is 1. The van der Waals surface area contributed by atoms with Gasteiger partial charge in [-0.3, -0.25) is 4.98 Å². The minimum atomic E-state index is -0.149. The van der Waals surface area contributed by atoms with Gasteiger partial charge in [-0.15, -0.1) is 0 Å². The van der Waals surface area contributed by atoms with Crippen molar-refractivity contribution in [2.45, 2.75) is 6.42 Å². The summed E-state index contributed by atoms with van der Waals surface area (Å²) in [5.74, 6) is -0.279. The third-order valence-electron chi connectivity index (χ3n) is 1.16. The van der Waals surface area contributed by atoms with Crippen molar-refractivity contribution in [1.82, 2.24) is 4.98 Å². The molecule has 0 aliphatic rings. The molecule has 0 bridgehead atoms. The molecule has 54 valence electrons. The van der Waals surface area contributed by atoms with Crippen LogP contribution in [-0.2, 0) is 11.2 Å². The number of aromatic hydroxyl groups is 2. The number of hydrogen-bond donors (Lipinski definition) is 3. The minimum absolute atomic E-state index is 0.114. The van der Waals surface area contributed by atoms with Crippen molar-refractivity contribution >= 4 is 6.29 Å². The Hall–Kier alpha value is -1.45. The van der Waals surface area contributed by atoms with Gasteiger partial charge in [-0.05, 0) is 0 Å². The molecule has 0 aromatic carbocycles. The van der Waals surface area contributed by atoms with Gasteiger partial charge in [0.2, 0.25) is 0 Å². The molecule has 4 heteroatoms. The van der Waals surface area contributed by atoms with Gasteiger partial charge in [0.15, 0.2) is 11.8 Å². The standard InChI is InChI=1S/C6H7NO3/c8-2-1-4-3-5(9)7-6(4)10/h2-3,7,9-10H,1H2. The Bertz CT molecular complexity index is 241. The van der Waals surface area contributed by atoms with E-state index in [1.165, 1.54) is 6.07 Å². The number of aldehydes is 1. The monoisotopic (exact) mass is 141 g/mol. The fourth-order valence-electron chi connectivity index (χ4n) is 0.716. The van der Waals surface area contributed by atoms with Crippen LogP contribution in [0.25, 0.3) is 0 Å². The molecule has 1 rings (SSSR count). The van der Waals surface area contributed by atoms with Gasteiger partial charge in [0.05, 0.1) is 0 Å². The first-order valence-corrected chi connectivity index (χ1v) is 2.77. The number of H-pyrrole nitrogens is 1. The first-order valence-electron chi connectivity index (χ1n) is 2.77. The molecule has 0 amide bonds. The Morgan fingerprint density at radius 3 is 2.70 bits per heavy atom. The number of carbonyl (C=O) groups is 1. The van der Waals surface area contributed by atoms with Crippen LogP contribution in [0, 0.1) is 0 Å². The van der Waals surface area contributed by atoms with E-state index in [2.05, 4.69) is 4.98 Å². The van der Waals surface area contributed by atoms with E-state index < -0.39 is 0 Å². The van der Waals surface area contributed by atoms with Gasteiger partial charge in [-0.2, -0.15) is 0 Å². The van der Waals surface area contributed by atoms with Gasteiger partial charge in [0.1, 0.15) is 6.29 Å². The molecule has 0 aliphatic carbocycles. The topological polar surface area (TPSA) is 73.3 Å². The van der Waals surface area contributed by atoms with E-state index in [1.54, 1.807) is 0 Å². The van der Waals surface area contributed by atoms with Crippen molar-refractivity contribution < 1.29 is 15.0 Å². The highest BCUT2D eigenvalue weighted by molar-refractivity contribution is 5.57. The lowest BCUT2D eigenvalue weighted by Gasteiger charge is -1.86. The lowest BCUT2D eigenvalue weighted by molar-refractivity contribution is -0.107. The number of nitrogens with one attached hydrogen (secondary N) is 1. The Balaban J connectivity index is 2.91. The second kappa shape index (κ2) is 2.43. The van der Waals surface area contributed by atoms with Gasteiger partial charge >= 0.3 is 0 Å². The molecule has 0 spiro atoms. The van der Waals surface area contributed by atoms with E-state index in [4.69, 9.17) is 10.2 Å². The summed E-state index contributed by atoms with van der Waals surface area (Å²) < 4.78 is 0. The lowest BCUT2D eigenvalue weighted by Crippen LogP contribution is -1.81. The van der Waals surface area contributed by atoms with E-state index in [1.807, 2.05) is 0 Å². The third kappa shape index (κ3) is 1.10. The van der Waals surface area contributed by atoms with Crippen LogP contribution in [0.2, 0.25) is 0 Å². The molecule has 1 aromatic heterocycles. The molecular weight excluding hydrogens is 134 g/mol. The molecule has 4 nitrogen and oxygen atoms in total. The van der Waals surface area contributed by atoms with Crippen molar-refractivity contribution in [3.63, 3.8) is 0 Å². The lowest BCUT2D eigenvalue weighted by atomic mass is 10.2. The predicted octanol–water partition coefficient (Wildman–Crippen LogP) is 0.167. The van der Waals surface area contributed by atoms with Crippen LogP contribution in [-0.4, -0.2) is 21.5 Å². The zero-order valence-corrected chi connectivity index (χ0v) is 5.16. The molecule has 0 unspecified atom stereocenters. The SMILES string of the molecule is O=CCc1cc(O)[nH]c1O. The minimum Gasteiger partial charge on any atom is -0.495 e. The number of aromatic nitrogens is 1. The maximum atomic E-state index is 9.93. The Morgan fingerprint density at radius 1 is 1.60 bits per heavy atom. The molecule has 0 fully saturated rings. The second-order valence-corrected chi connectivity index (χ2v) is 1.90. The summed E-state index contributed by atoms with van der Waals surface area (Å²) in [6, 6.07) is 1.31. The number of rotatable bonds is 2. The van der Waals surface area contributed by atoms with Crippen LogP contribution in [0.4, 0.5) is 0 Å². The van der Waals surface area contributed by atoms with Gasteiger partial charge in [0.25, 0.3) is 0 Å². The van der Waals surface area contributed by atoms with Crippen molar-refractivity contribution in [2.24, 2.45) is 0 Å². The van der Waals surface area contributed by atoms with Crippen molar-refractivity contribution in [2.75, 3.05) is 0 Å². The highest BCUT2D eigenvalue weighted by atomic mass is 16.3. The molecule has 10 heavy (non-hydrogen) atoms. The van der Waals surface area contributed by atoms with Crippen LogP contribution in [0.1, 0.15) is 5.56 Å². The molecule has 1 heterocycles. The van der Waals surface area contributed by atoms with E-state index in [0.717, 1.165) is 0 Å². The van der Waals surface area contributed by atoms with Crippen molar-refractivity contribution in [1.29, 1.82) is 0 Å². The molecule has 0 radical (unpaired) electrons. The summed E-state index contributed by atoms with van der Waals surface area (Å²) in [7, 11) is 0. The van der Waals surface area contributed by atoms with E-state index in [9.17, 15) is 4.79 Å². The summed E-state index contributed by atoms with van der Waals surface area (Å²) in [6.45, 7) is 0. The summed E-state index contributed by atoms with van der Waals surface area (Å²) >= 11 is 0. The Labute approximate surface area is 57.1 Å². The van der Waals surface area contributed by atoms with Crippen molar-refractivity contribution in [3.05, 3.63) is 11.6 Å². The van der Waals surface area contributed by atoms with Crippen LogP contribution in [0.15, 0.2) is 6.07 Å². The maximum Gasteiger partial charge on any atom is 0.194 e. The van der Waals surface area contributed by atoms with E-state index in [-0.39, 0.29) is 18.2 Å². The molecule has 0 saturated heterocycles. The van der Waals surface area contributed by atoms with Gasteiger partial charge < -0.3 is 15.0 Å². The fourth-order valence-corrected chi connectivity index (χ4v) is 0.716. The average Bonchev–Trinajstić information content (AvgIpc) is 2.13. The maximum absolute atomic E-state index is 9.93. The summed E-state index contributed by atoms with van der Waals surface area (Å²) in [5, 5.41) is 17.6. The van der Waals surface area contributed by atoms with Gasteiger partial charge in [-0.1, -0.05) is 0 Å². The van der Waals surface area contributed by atoms with E-state index >= 15 is 0 Å². The number of aromatic amines is 1. The smallest absolute Gasteiger partial charge is 0.194 e. The molecule has 0 atom stereocenters. The Morgan fingerprint density at radius 2 is 2.30 bits per heavy atom. The average molecular weight is 141 g/mol. The Kier molecular flexibility index (Phi) is 1.62. The molecule has 1 aromatic rings. The highest BCUT2D eigenvalue weighted by Crippen LogP contribution is 2.20. The van der Waals surface area contributed by atoms with Gasteiger partial charge in [0, 0.05) is 18.1 Å². The van der Waals surface area contributed by atoms with Crippen molar-refractivity contribution in [3.8, 4) is 11.8 Å². The van der Waals surface area contributed by atoms with Crippen LogP contribution >= 0.6 is 0 Å². The summed E-state index contributed by atoms with van der Waals surface area (Å²) in [5.41, 5.74) is 0.410. The highest BCUT2D eigenvalue weighted by Gasteiger charge is 2.03. The summed E-state index contributed by atoms with van der Waals surface area (Å²) in [4.78, 5) is 12.2. The van der Waals surface area contributed by atoms with E-state index in [0.29, 0.717) is 11.8 Å². The quantitative estimate of drug-likeness (QED) is 0.514. The normalized spacial score (nSPS) is 9.60. The molecule has 0 saturated carbocycles. The van der Waals surface area contributed by atoms with Gasteiger partial charge in [-0.25, -0.2) is 0 Å². The first-order chi connectivity index (χ1) is 4.74. The summed E-state index contributed by atoms with van der Waals surface area (Å²) in [6.07, 6.45) is 0.769. The first kappa shape index (κ1) is 6.67. The van der Waals surface area contributed by atoms with Crippen LogP contribution in [0.5, 0.6) is 11.8 Å². The zero-order chi connectivity index (χ0) is 7.56. The van der Waals surface area contributed by atoms with Crippen LogP contribution < -0.4 is 0 Å². The largest absolute Gasteiger partial charge is 0.495 e. The molecule has 0 aliphatic heterocycles. The fraction of sp³-hybridized carbons (Fsp3) is 0.167. The zero-order valence-electron chi connectivity index (χ0n) is 5.16.